The van der Waals surface area contributed by atoms with Crippen molar-refractivity contribution in [2.45, 2.75) is 0 Å². The molecule has 0 aliphatic carbocycles. The summed E-state index contributed by atoms with van der Waals surface area (Å²) in [4.78, 5) is 4.65. The van der Waals surface area contributed by atoms with Crippen LogP contribution in [0.25, 0.3) is 22.2 Å². The van der Waals surface area contributed by atoms with Crippen molar-refractivity contribution in [2.75, 3.05) is 26.1 Å². The molecule has 0 radical (unpaired) electrons. The van der Waals surface area contributed by atoms with Gasteiger partial charge in [-0.2, -0.15) is 0 Å². The quantitative estimate of drug-likeness (QED) is 0.697. The normalized spacial score (nSPS) is 10.7. The molecular weight excluding hydrogens is 310 g/mol. The van der Waals surface area contributed by atoms with Crippen LogP contribution in [0, 0.1) is 0 Å². The fourth-order valence-corrected chi connectivity index (χ4v) is 3.27. The Kier molecular flexibility index (Phi) is 4.25. The first kappa shape index (κ1) is 15.4. The Labute approximate surface area is 139 Å². The molecule has 2 heterocycles. The number of aryl methyl sites for hydroxylation is 1. The summed E-state index contributed by atoms with van der Waals surface area (Å²) in [6.45, 7) is 4.41. The minimum atomic E-state index is 0.702. The molecule has 2 aromatic heterocycles. The van der Waals surface area contributed by atoms with Gasteiger partial charge in [0.15, 0.2) is 16.6 Å². The number of ether oxygens (including phenoxy) is 2. The van der Waals surface area contributed by atoms with Gasteiger partial charge >= 0.3 is 0 Å². The number of rotatable bonds is 6. The minimum Gasteiger partial charge on any atom is -0.493 e. The van der Waals surface area contributed by atoms with Gasteiger partial charge in [0.25, 0.3) is 0 Å². The van der Waals surface area contributed by atoms with Gasteiger partial charge in [-0.25, -0.2) is 4.98 Å². The molecule has 6 heteroatoms. The first-order valence-electron chi connectivity index (χ1n) is 7.19. The maximum absolute atomic E-state index is 5.43. The molecule has 3 rings (SSSR count). The number of fused-ring (bicyclic) bond motifs is 1. The van der Waals surface area contributed by atoms with Gasteiger partial charge in [0, 0.05) is 42.2 Å². The van der Waals surface area contributed by atoms with Gasteiger partial charge in [0.1, 0.15) is 0 Å². The molecule has 0 atom stereocenters. The number of hydrogen-bond acceptors (Lipinski definition) is 5. The third-order valence-corrected chi connectivity index (χ3v) is 4.47. The van der Waals surface area contributed by atoms with Gasteiger partial charge in [0.2, 0.25) is 0 Å². The number of benzene rings is 1. The predicted octanol–water partition coefficient (Wildman–Crippen LogP) is 3.92. The van der Waals surface area contributed by atoms with Crippen LogP contribution in [0.5, 0.6) is 11.5 Å². The lowest BCUT2D eigenvalue weighted by atomic mass is 10.1. The molecule has 0 bridgehead atoms. The summed E-state index contributed by atoms with van der Waals surface area (Å²) in [6, 6.07) is 3.99. The summed E-state index contributed by atoms with van der Waals surface area (Å²) >= 11 is 1.58. The van der Waals surface area contributed by atoms with Gasteiger partial charge < -0.3 is 19.4 Å². The minimum absolute atomic E-state index is 0.702. The van der Waals surface area contributed by atoms with Crippen LogP contribution in [0.2, 0.25) is 0 Å². The Balaban J connectivity index is 2.10. The molecule has 0 saturated carbocycles. The van der Waals surface area contributed by atoms with E-state index in [1.54, 1.807) is 25.6 Å². The van der Waals surface area contributed by atoms with Gasteiger partial charge in [-0.15, -0.1) is 17.9 Å². The first-order chi connectivity index (χ1) is 11.2. The third kappa shape index (κ3) is 2.77. The van der Waals surface area contributed by atoms with Gasteiger partial charge in [-0.3, -0.25) is 0 Å². The lowest BCUT2D eigenvalue weighted by Gasteiger charge is -2.08. The molecule has 1 N–H and O–H groups in total. The molecule has 3 aromatic rings. The van der Waals surface area contributed by atoms with Crippen LogP contribution in [0.4, 0.5) is 5.13 Å². The molecular formula is C17H19N3O2S. The van der Waals surface area contributed by atoms with Gasteiger partial charge in [-0.05, 0) is 6.07 Å². The zero-order chi connectivity index (χ0) is 16.4. The van der Waals surface area contributed by atoms with Crippen LogP contribution in [-0.2, 0) is 7.05 Å². The zero-order valence-electron chi connectivity index (χ0n) is 13.4. The molecule has 0 aliphatic rings. The van der Waals surface area contributed by atoms with E-state index in [1.165, 1.54) is 0 Å². The highest BCUT2D eigenvalue weighted by molar-refractivity contribution is 7.14. The molecule has 0 aliphatic heterocycles. The predicted molar refractivity (Wildman–Crippen MR) is 95.8 cm³/mol. The number of hydrogen-bond donors (Lipinski definition) is 1. The van der Waals surface area contributed by atoms with E-state index < -0.39 is 0 Å². The second kappa shape index (κ2) is 6.34. The molecule has 0 unspecified atom stereocenters. The largest absolute Gasteiger partial charge is 0.493 e. The fraction of sp³-hybridized carbons (Fsp3) is 0.235. The smallest absolute Gasteiger partial charge is 0.183 e. The number of nitrogens with one attached hydrogen (secondary N) is 1. The Morgan fingerprint density at radius 2 is 2.04 bits per heavy atom. The lowest BCUT2D eigenvalue weighted by Crippen LogP contribution is -1.96. The second-order valence-electron chi connectivity index (χ2n) is 5.09. The summed E-state index contributed by atoms with van der Waals surface area (Å²) in [7, 11) is 5.30. The van der Waals surface area contributed by atoms with Crippen LogP contribution in [0.1, 0.15) is 0 Å². The SMILES string of the molecule is C=CCNc1nc(-c2cn(C)c3cc(OC)c(OC)cc23)cs1. The van der Waals surface area contributed by atoms with Crippen LogP contribution < -0.4 is 14.8 Å². The van der Waals surface area contributed by atoms with E-state index in [2.05, 4.69) is 33.0 Å². The van der Waals surface area contributed by atoms with Crippen LogP contribution in [-0.4, -0.2) is 30.3 Å². The molecule has 5 nitrogen and oxygen atoms in total. The average molecular weight is 329 g/mol. The van der Waals surface area contributed by atoms with E-state index in [1.807, 2.05) is 25.3 Å². The van der Waals surface area contributed by atoms with Crippen molar-refractivity contribution in [3.05, 3.63) is 36.4 Å². The topological polar surface area (TPSA) is 48.3 Å². The molecule has 120 valence electrons. The van der Waals surface area contributed by atoms with E-state index in [0.29, 0.717) is 12.3 Å². The van der Waals surface area contributed by atoms with Gasteiger partial charge in [0.05, 0.1) is 25.4 Å². The highest BCUT2D eigenvalue weighted by atomic mass is 32.1. The molecule has 0 fully saturated rings. The number of nitrogens with zero attached hydrogens (tertiary/aromatic N) is 2. The fourth-order valence-electron chi connectivity index (χ4n) is 2.55. The monoisotopic (exact) mass is 329 g/mol. The van der Waals surface area contributed by atoms with Crippen LogP contribution >= 0.6 is 11.3 Å². The Bertz CT molecular complexity index is 851. The molecule has 0 saturated heterocycles. The number of aromatic nitrogens is 2. The van der Waals surface area contributed by atoms with Crippen molar-refractivity contribution in [3.63, 3.8) is 0 Å². The average Bonchev–Trinajstić information content (AvgIpc) is 3.16. The Hall–Kier alpha value is -2.47. The van der Waals surface area contributed by atoms with E-state index in [9.17, 15) is 0 Å². The summed E-state index contributed by atoms with van der Waals surface area (Å²) in [5.41, 5.74) is 3.09. The van der Waals surface area contributed by atoms with Crippen LogP contribution in [0.3, 0.4) is 0 Å². The molecule has 0 spiro atoms. The zero-order valence-corrected chi connectivity index (χ0v) is 14.2. The van der Waals surface area contributed by atoms with Crippen molar-refractivity contribution in [3.8, 4) is 22.8 Å². The summed E-state index contributed by atoms with van der Waals surface area (Å²) in [5, 5.41) is 7.25. The van der Waals surface area contributed by atoms with E-state index in [0.717, 1.165) is 33.0 Å². The first-order valence-corrected chi connectivity index (χ1v) is 8.07. The maximum atomic E-state index is 5.43. The van der Waals surface area contributed by atoms with Crippen molar-refractivity contribution >= 4 is 27.4 Å². The highest BCUT2D eigenvalue weighted by Crippen LogP contribution is 2.38. The summed E-state index contributed by atoms with van der Waals surface area (Å²) < 4.78 is 12.9. The Morgan fingerprint density at radius 1 is 1.30 bits per heavy atom. The maximum Gasteiger partial charge on any atom is 0.183 e. The van der Waals surface area contributed by atoms with E-state index in [4.69, 9.17) is 9.47 Å². The van der Waals surface area contributed by atoms with Crippen molar-refractivity contribution in [1.29, 1.82) is 0 Å². The lowest BCUT2D eigenvalue weighted by molar-refractivity contribution is 0.355. The molecule has 23 heavy (non-hydrogen) atoms. The third-order valence-electron chi connectivity index (χ3n) is 3.67. The number of thiazole rings is 1. The number of anilines is 1. The highest BCUT2D eigenvalue weighted by Gasteiger charge is 2.15. The number of methoxy groups -OCH3 is 2. The molecule has 0 amide bonds. The standard InChI is InChI=1S/C17H19N3O2S/c1-5-6-18-17-19-13(10-23-17)12-9-20(2)14-8-16(22-4)15(21-3)7-11(12)14/h5,7-10H,1,6H2,2-4H3,(H,18,19). The van der Waals surface area contributed by atoms with Crippen molar-refractivity contribution in [1.82, 2.24) is 9.55 Å². The van der Waals surface area contributed by atoms with Crippen molar-refractivity contribution in [2.24, 2.45) is 7.05 Å². The summed E-state index contributed by atoms with van der Waals surface area (Å²) in [6.07, 6.45) is 3.89. The Morgan fingerprint density at radius 3 is 2.74 bits per heavy atom. The summed E-state index contributed by atoms with van der Waals surface area (Å²) in [5.74, 6) is 1.44. The second-order valence-corrected chi connectivity index (χ2v) is 5.94. The van der Waals surface area contributed by atoms with E-state index >= 15 is 0 Å². The van der Waals surface area contributed by atoms with Crippen LogP contribution in [0.15, 0.2) is 36.4 Å². The van der Waals surface area contributed by atoms with E-state index in [-0.39, 0.29) is 0 Å². The molecule has 1 aromatic carbocycles. The van der Waals surface area contributed by atoms with Crippen molar-refractivity contribution < 1.29 is 9.47 Å². The van der Waals surface area contributed by atoms with Gasteiger partial charge in [-0.1, -0.05) is 6.08 Å².